The lowest BCUT2D eigenvalue weighted by Crippen LogP contribution is -2.38. The fourth-order valence-corrected chi connectivity index (χ4v) is 4.33. The van der Waals surface area contributed by atoms with Crippen molar-refractivity contribution in [2.45, 2.75) is 12.8 Å². The second kappa shape index (κ2) is 7.70. The SMILES string of the molecule is COc1ccc(NC(=O)C2CCN(c3nc(Cl)nc4ccsc34)CC2)cc1. The minimum absolute atomic E-state index is 0.0144. The highest BCUT2D eigenvalue weighted by Crippen LogP contribution is 2.32. The number of rotatable bonds is 4. The molecule has 3 heterocycles. The van der Waals surface area contributed by atoms with Crippen LogP contribution in [-0.4, -0.2) is 36.1 Å². The van der Waals surface area contributed by atoms with Crippen LogP contribution in [0.2, 0.25) is 5.28 Å². The topological polar surface area (TPSA) is 67.3 Å². The van der Waals surface area contributed by atoms with Crippen LogP contribution < -0.4 is 15.0 Å². The lowest BCUT2D eigenvalue weighted by atomic mass is 9.95. The number of carbonyl (C=O) groups is 1. The van der Waals surface area contributed by atoms with Gasteiger partial charge < -0.3 is 15.0 Å². The minimum atomic E-state index is -0.0144. The summed E-state index contributed by atoms with van der Waals surface area (Å²) in [6.07, 6.45) is 1.55. The molecule has 3 aromatic rings. The molecule has 8 heteroatoms. The van der Waals surface area contributed by atoms with Crippen molar-refractivity contribution in [2.24, 2.45) is 5.92 Å². The van der Waals surface area contributed by atoms with Gasteiger partial charge in [-0.2, -0.15) is 4.98 Å². The summed E-state index contributed by atoms with van der Waals surface area (Å²) in [7, 11) is 1.62. The molecular weight excluding hydrogens is 384 g/mol. The number of aromatic nitrogens is 2. The number of fused-ring (bicyclic) bond motifs is 1. The molecule has 0 atom stereocenters. The van der Waals surface area contributed by atoms with Crippen LogP contribution >= 0.6 is 22.9 Å². The van der Waals surface area contributed by atoms with Crippen LogP contribution in [0.25, 0.3) is 10.2 Å². The van der Waals surface area contributed by atoms with Gasteiger partial charge in [-0.15, -0.1) is 11.3 Å². The average Bonchev–Trinajstić information content (AvgIpc) is 3.16. The molecule has 0 spiro atoms. The van der Waals surface area contributed by atoms with E-state index in [-0.39, 0.29) is 17.1 Å². The molecule has 27 heavy (non-hydrogen) atoms. The Labute approximate surface area is 166 Å². The molecule has 0 bridgehead atoms. The molecule has 6 nitrogen and oxygen atoms in total. The first-order valence-electron chi connectivity index (χ1n) is 8.74. The van der Waals surface area contributed by atoms with E-state index >= 15 is 0 Å². The predicted octanol–water partition coefficient (Wildman–Crippen LogP) is 4.21. The summed E-state index contributed by atoms with van der Waals surface area (Å²) in [4.78, 5) is 23.5. The fourth-order valence-electron chi connectivity index (χ4n) is 3.31. The van der Waals surface area contributed by atoms with Crippen molar-refractivity contribution in [1.29, 1.82) is 0 Å². The van der Waals surface area contributed by atoms with Gasteiger partial charge in [0.25, 0.3) is 0 Å². The van der Waals surface area contributed by atoms with Crippen LogP contribution in [0.1, 0.15) is 12.8 Å². The molecule has 1 fully saturated rings. The van der Waals surface area contributed by atoms with Gasteiger partial charge in [-0.3, -0.25) is 4.79 Å². The van der Waals surface area contributed by atoms with Crippen molar-refractivity contribution in [3.8, 4) is 5.75 Å². The number of anilines is 2. The van der Waals surface area contributed by atoms with E-state index in [0.717, 1.165) is 53.4 Å². The maximum Gasteiger partial charge on any atom is 0.227 e. The van der Waals surface area contributed by atoms with E-state index in [1.165, 1.54) is 0 Å². The summed E-state index contributed by atoms with van der Waals surface area (Å²) in [6.45, 7) is 1.53. The molecule has 0 unspecified atom stereocenters. The van der Waals surface area contributed by atoms with Crippen molar-refractivity contribution in [3.05, 3.63) is 41.0 Å². The zero-order valence-corrected chi connectivity index (χ0v) is 16.4. The summed E-state index contributed by atoms with van der Waals surface area (Å²) in [5.41, 5.74) is 1.65. The number of amides is 1. The Balaban J connectivity index is 1.40. The van der Waals surface area contributed by atoms with Gasteiger partial charge >= 0.3 is 0 Å². The Morgan fingerprint density at radius 2 is 1.96 bits per heavy atom. The maximum atomic E-state index is 12.6. The summed E-state index contributed by atoms with van der Waals surface area (Å²) < 4.78 is 6.18. The molecule has 2 aromatic heterocycles. The summed E-state index contributed by atoms with van der Waals surface area (Å²) in [5.74, 6) is 1.68. The van der Waals surface area contributed by atoms with Crippen molar-refractivity contribution in [1.82, 2.24) is 9.97 Å². The second-order valence-electron chi connectivity index (χ2n) is 6.43. The molecule has 4 rings (SSSR count). The van der Waals surface area contributed by atoms with Gasteiger partial charge in [0.15, 0.2) is 5.82 Å². The molecule has 1 N–H and O–H groups in total. The first-order chi connectivity index (χ1) is 13.1. The third-order valence-electron chi connectivity index (χ3n) is 4.78. The lowest BCUT2D eigenvalue weighted by molar-refractivity contribution is -0.120. The minimum Gasteiger partial charge on any atom is -0.497 e. The molecule has 0 radical (unpaired) electrons. The van der Waals surface area contributed by atoms with Crippen LogP contribution in [0.5, 0.6) is 5.75 Å². The number of nitrogens with zero attached hydrogens (tertiary/aromatic N) is 3. The Morgan fingerprint density at radius 3 is 2.67 bits per heavy atom. The Bertz CT molecular complexity index is 952. The van der Waals surface area contributed by atoms with Crippen LogP contribution in [0.15, 0.2) is 35.7 Å². The number of halogens is 1. The lowest BCUT2D eigenvalue weighted by Gasteiger charge is -2.32. The van der Waals surface area contributed by atoms with Crippen LogP contribution in [-0.2, 0) is 4.79 Å². The Hall–Kier alpha value is -2.38. The van der Waals surface area contributed by atoms with Crippen LogP contribution in [0, 0.1) is 5.92 Å². The molecule has 1 aromatic carbocycles. The average molecular weight is 403 g/mol. The molecule has 140 valence electrons. The normalized spacial score (nSPS) is 15.1. The maximum absolute atomic E-state index is 12.6. The zero-order chi connectivity index (χ0) is 18.8. The highest BCUT2D eigenvalue weighted by molar-refractivity contribution is 7.17. The standard InChI is InChI=1S/C19H19ClN4O2S/c1-26-14-4-2-13(3-5-14)21-18(25)12-6-9-24(10-7-12)17-16-15(8-11-27-16)22-19(20)23-17/h2-5,8,11-12H,6-7,9-10H2,1H3,(H,21,25). The number of benzene rings is 1. The first-order valence-corrected chi connectivity index (χ1v) is 10.0. The first kappa shape index (κ1) is 18.0. The zero-order valence-electron chi connectivity index (χ0n) is 14.8. The van der Waals surface area contributed by atoms with Crippen molar-refractivity contribution >= 4 is 50.6 Å². The molecule has 1 saturated heterocycles. The van der Waals surface area contributed by atoms with Gasteiger partial charge in [-0.25, -0.2) is 4.98 Å². The number of methoxy groups -OCH3 is 1. The number of hydrogen-bond donors (Lipinski definition) is 1. The molecule has 0 aliphatic carbocycles. The highest BCUT2D eigenvalue weighted by atomic mass is 35.5. The molecule has 1 amide bonds. The van der Waals surface area contributed by atoms with E-state index in [1.807, 2.05) is 35.7 Å². The van der Waals surface area contributed by atoms with Crippen molar-refractivity contribution in [2.75, 3.05) is 30.4 Å². The number of thiophene rings is 1. The Morgan fingerprint density at radius 1 is 1.22 bits per heavy atom. The van der Waals surface area contributed by atoms with Gasteiger partial charge in [0, 0.05) is 24.7 Å². The predicted molar refractivity (Wildman–Crippen MR) is 109 cm³/mol. The second-order valence-corrected chi connectivity index (χ2v) is 7.68. The van der Waals surface area contributed by atoms with E-state index < -0.39 is 0 Å². The summed E-state index contributed by atoms with van der Waals surface area (Å²) in [6, 6.07) is 9.32. The third kappa shape index (κ3) is 3.84. The van der Waals surface area contributed by atoms with Crippen molar-refractivity contribution in [3.63, 3.8) is 0 Å². The van der Waals surface area contributed by atoms with E-state index in [2.05, 4.69) is 20.2 Å². The summed E-state index contributed by atoms with van der Waals surface area (Å²) >= 11 is 7.69. The number of piperidine rings is 1. The monoisotopic (exact) mass is 402 g/mol. The largest absolute Gasteiger partial charge is 0.497 e. The van der Waals surface area contributed by atoms with Crippen LogP contribution in [0.3, 0.4) is 0 Å². The third-order valence-corrected chi connectivity index (χ3v) is 5.85. The number of hydrogen-bond acceptors (Lipinski definition) is 6. The number of nitrogens with one attached hydrogen (secondary N) is 1. The van der Waals surface area contributed by atoms with Gasteiger partial charge in [-0.1, -0.05) is 0 Å². The van der Waals surface area contributed by atoms with Crippen molar-refractivity contribution < 1.29 is 9.53 Å². The van der Waals surface area contributed by atoms with Gasteiger partial charge in [0.05, 0.1) is 17.3 Å². The molecular formula is C19H19ClN4O2S. The highest BCUT2D eigenvalue weighted by Gasteiger charge is 2.27. The summed E-state index contributed by atoms with van der Waals surface area (Å²) in [5, 5.41) is 5.25. The fraction of sp³-hybridized carbons (Fsp3) is 0.316. The van der Waals surface area contributed by atoms with E-state index in [1.54, 1.807) is 18.4 Å². The van der Waals surface area contributed by atoms with E-state index in [9.17, 15) is 4.79 Å². The quantitative estimate of drug-likeness (QED) is 0.662. The van der Waals surface area contributed by atoms with E-state index in [4.69, 9.17) is 16.3 Å². The van der Waals surface area contributed by atoms with E-state index in [0.29, 0.717) is 0 Å². The van der Waals surface area contributed by atoms with Crippen LogP contribution in [0.4, 0.5) is 11.5 Å². The molecule has 1 aliphatic rings. The van der Waals surface area contributed by atoms with Gasteiger partial charge in [0.2, 0.25) is 11.2 Å². The molecule has 1 aliphatic heterocycles. The van der Waals surface area contributed by atoms with Gasteiger partial charge in [-0.05, 0) is 60.2 Å². The molecule has 0 saturated carbocycles. The smallest absolute Gasteiger partial charge is 0.227 e. The van der Waals surface area contributed by atoms with Gasteiger partial charge in [0.1, 0.15) is 5.75 Å². The number of ether oxygens (including phenoxy) is 1. The number of carbonyl (C=O) groups excluding carboxylic acids is 1. The Kier molecular flexibility index (Phi) is 5.13.